The maximum absolute atomic E-state index is 2.52. The number of rotatable bonds is 8. The van der Waals surface area contributed by atoms with Gasteiger partial charge in [0.1, 0.15) is 0 Å². The first-order valence-corrected chi connectivity index (χ1v) is 28.1. The lowest BCUT2D eigenvalue weighted by molar-refractivity contribution is 0.977. The minimum Gasteiger partial charge on any atom is -0.310 e. The largest absolute Gasteiger partial charge is 0.310 e. The highest BCUT2D eigenvalue weighted by molar-refractivity contribution is 6.23. The Hall–Kier alpha value is -10.0. The summed E-state index contributed by atoms with van der Waals surface area (Å²) in [6.07, 6.45) is 3.93. The summed E-state index contributed by atoms with van der Waals surface area (Å²) < 4.78 is 0. The Morgan fingerprint density at radius 2 is 0.463 bits per heavy atom. The minimum absolute atomic E-state index is 0.982. The van der Waals surface area contributed by atoms with E-state index in [2.05, 4.69) is 301 Å². The molecule has 0 aromatic heterocycles. The predicted molar refractivity (Wildman–Crippen MR) is 338 cm³/mol. The van der Waals surface area contributed by atoms with Gasteiger partial charge in [-0.15, -0.1) is 0 Å². The zero-order valence-electron chi connectivity index (χ0n) is 44.4. The molecule has 0 radical (unpaired) electrons. The first-order chi connectivity index (χ1) is 39.7. The summed E-state index contributed by atoms with van der Waals surface area (Å²) in [5.74, 6) is 0. The SMILES string of the molecule is c1ccc(-c2ccc(-c3cccc(-c4c5ccc(N6c7ccccc7CCc7ccccc76)cc5c(-c5cccc(-c6ccc(-c7ccccc7)cc6)c5)c5ccc(N6c7ccccc7CCc7ccccc76)cc45)c3)cc2)cc1. The fourth-order valence-electron chi connectivity index (χ4n) is 12.9. The molecule has 0 saturated heterocycles. The van der Waals surface area contributed by atoms with Gasteiger partial charge in [0.05, 0.1) is 0 Å². The van der Waals surface area contributed by atoms with Gasteiger partial charge in [-0.05, 0) is 197 Å². The van der Waals surface area contributed by atoms with Gasteiger partial charge in [0.25, 0.3) is 0 Å². The van der Waals surface area contributed by atoms with Crippen molar-refractivity contribution in [3.05, 3.63) is 313 Å². The van der Waals surface area contributed by atoms with Crippen molar-refractivity contribution >= 4 is 55.7 Å². The van der Waals surface area contributed by atoms with Crippen LogP contribution in [0.5, 0.6) is 0 Å². The topological polar surface area (TPSA) is 6.48 Å². The molecule has 0 atom stereocenters. The molecule has 0 N–H and O–H groups in total. The van der Waals surface area contributed by atoms with Crippen molar-refractivity contribution in [3.8, 4) is 66.8 Å². The number of benzene rings is 13. The second-order valence-electron chi connectivity index (χ2n) is 21.4. The third kappa shape index (κ3) is 8.45. The Bertz CT molecular complexity index is 4080. The van der Waals surface area contributed by atoms with Crippen molar-refractivity contribution in [1.29, 1.82) is 0 Å². The van der Waals surface area contributed by atoms with E-state index in [-0.39, 0.29) is 0 Å². The van der Waals surface area contributed by atoms with Gasteiger partial charge in [-0.1, -0.05) is 231 Å². The molecule has 0 fully saturated rings. The van der Waals surface area contributed by atoms with E-state index >= 15 is 0 Å². The molecule has 2 aliphatic rings. The van der Waals surface area contributed by atoms with Crippen LogP contribution in [-0.4, -0.2) is 0 Å². The second-order valence-corrected chi connectivity index (χ2v) is 21.4. The third-order valence-electron chi connectivity index (χ3n) is 16.8. The summed E-state index contributed by atoms with van der Waals surface area (Å²) >= 11 is 0. The summed E-state index contributed by atoms with van der Waals surface area (Å²) in [5, 5.41) is 4.82. The van der Waals surface area contributed by atoms with E-state index < -0.39 is 0 Å². The van der Waals surface area contributed by atoms with Crippen LogP contribution in [0.25, 0.3) is 88.3 Å². The van der Waals surface area contributed by atoms with Crippen LogP contribution in [0, 0.1) is 0 Å². The van der Waals surface area contributed by atoms with E-state index in [1.165, 1.54) is 133 Å². The lowest BCUT2D eigenvalue weighted by Crippen LogP contribution is -2.12. The van der Waals surface area contributed by atoms with E-state index in [1.54, 1.807) is 0 Å². The molecule has 2 nitrogen and oxygen atoms in total. The smallest absolute Gasteiger partial charge is 0.0493 e. The Morgan fingerprint density at radius 1 is 0.188 bits per heavy atom. The molecular formula is C78H56N2. The molecule has 2 heterocycles. The van der Waals surface area contributed by atoms with Gasteiger partial charge in [-0.2, -0.15) is 0 Å². The summed E-state index contributed by atoms with van der Waals surface area (Å²) in [7, 11) is 0. The van der Waals surface area contributed by atoms with Gasteiger partial charge in [-0.3, -0.25) is 0 Å². The Kier molecular flexibility index (Phi) is 11.9. The van der Waals surface area contributed by atoms with Gasteiger partial charge in [0, 0.05) is 34.1 Å². The van der Waals surface area contributed by atoms with E-state index in [0.717, 1.165) is 37.1 Å². The summed E-state index contributed by atoms with van der Waals surface area (Å²) in [6.45, 7) is 0. The van der Waals surface area contributed by atoms with Crippen LogP contribution in [0.3, 0.4) is 0 Å². The van der Waals surface area contributed by atoms with E-state index in [4.69, 9.17) is 0 Å². The van der Waals surface area contributed by atoms with Gasteiger partial charge in [0.2, 0.25) is 0 Å². The molecular weight excluding hydrogens is 965 g/mol. The molecule has 378 valence electrons. The van der Waals surface area contributed by atoms with E-state index in [9.17, 15) is 0 Å². The fraction of sp³-hybridized carbons (Fsp3) is 0.0513. The molecule has 0 bridgehead atoms. The predicted octanol–water partition coefficient (Wildman–Crippen LogP) is 21.1. The van der Waals surface area contributed by atoms with E-state index in [1.807, 2.05) is 0 Å². The Morgan fingerprint density at radius 3 is 0.812 bits per heavy atom. The first kappa shape index (κ1) is 47.2. The van der Waals surface area contributed by atoms with Gasteiger partial charge < -0.3 is 9.80 Å². The monoisotopic (exact) mass is 1020 g/mol. The van der Waals surface area contributed by atoms with Crippen molar-refractivity contribution in [3.63, 3.8) is 0 Å². The number of hydrogen-bond acceptors (Lipinski definition) is 2. The first-order valence-electron chi connectivity index (χ1n) is 28.1. The molecule has 80 heavy (non-hydrogen) atoms. The quantitative estimate of drug-likeness (QED) is 0.140. The molecule has 0 unspecified atom stereocenters. The number of fused-ring (bicyclic) bond motifs is 6. The number of para-hydroxylation sites is 4. The average molecular weight is 1020 g/mol. The lowest BCUT2D eigenvalue weighted by Gasteiger charge is -2.29. The van der Waals surface area contributed by atoms with Crippen LogP contribution in [0.4, 0.5) is 34.1 Å². The molecule has 2 aliphatic heterocycles. The highest BCUT2D eigenvalue weighted by Crippen LogP contribution is 2.51. The number of nitrogens with zero attached hydrogens (tertiary/aromatic N) is 2. The van der Waals surface area contributed by atoms with Crippen LogP contribution >= 0.6 is 0 Å². The normalized spacial score (nSPS) is 12.8. The second kappa shape index (κ2) is 20.1. The number of aryl methyl sites for hydroxylation is 4. The van der Waals surface area contributed by atoms with Gasteiger partial charge in [0.15, 0.2) is 0 Å². The summed E-state index contributed by atoms with van der Waals surface area (Å²) in [5.41, 5.74) is 27.0. The van der Waals surface area contributed by atoms with Crippen LogP contribution in [-0.2, 0) is 25.7 Å². The zero-order chi connectivity index (χ0) is 52.9. The standard InChI is InChI=1S/C78H56N2/c1-3-17-53(18-4-1)55-33-37-57(38-34-55)63-25-15-27-65(49-63)77-69-47-45-68(80-75-31-13-9-23-61(75)43-44-62-24-10-14-32-76(62)80)52-72(69)78(66-28-16-26-64(50-66)58-39-35-56(36-40-58)54-19-5-2-6-20-54)70-48-46-67(51-71(70)77)79-73-29-11-7-21-59(73)41-42-60-22-8-12-30-74(60)79/h1-40,45-52H,41-44H2. The molecule has 0 amide bonds. The number of anilines is 6. The average Bonchev–Trinajstić information content (AvgIpc) is 3.98. The maximum atomic E-state index is 2.52. The summed E-state index contributed by atoms with van der Waals surface area (Å²) in [6, 6.07) is 109. The van der Waals surface area contributed by atoms with Gasteiger partial charge in [-0.25, -0.2) is 0 Å². The molecule has 0 saturated carbocycles. The van der Waals surface area contributed by atoms with Crippen molar-refractivity contribution in [2.75, 3.05) is 9.80 Å². The van der Waals surface area contributed by atoms with Crippen molar-refractivity contribution in [2.45, 2.75) is 25.7 Å². The van der Waals surface area contributed by atoms with Gasteiger partial charge >= 0.3 is 0 Å². The molecule has 0 spiro atoms. The zero-order valence-corrected chi connectivity index (χ0v) is 44.4. The van der Waals surface area contributed by atoms with E-state index in [0.29, 0.717) is 0 Å². The molecule has 13 aromatic rings. The molecule has 15 rings (SSSR count). The highest BCUT2D eigenvalue weighted by atomic mass is 15.2. The lowest BCUT2D eigenvalue weighted by atomic mass is 9.84. The van der Waals surface area contributed by atoms with Crippen LogP contribution in [0.15, 0.2) is 291 Å². The maximum Gasteiger partial charge on any atom is 0.0493 e. The number of hydrogen-bond donors (Lipinski definition) is 0. The van der Waals surface area contributed by atoms with Crippen LogP contribution < -0.4 is 9.80 Å². The van der Waals surface area contributed by atoms with Crippen LogP contribution in [0.2, 0.25) is 0 Å². The third-order valence-corrected chi connectivity index (χ3v) is 16.8. The molecule has 0 aliphatic carbocycles. The van der Waals surface area contributed by atoms with Crippen molar-refractivity contribution in [1.82, 2.24) is 0 Å². The Balaban J connectivity index is 1.00. The highest BCUT2D eigenvalue weighted by Gasteiger charge is 2.27. The van der Waals surface area contributed by atoms with Crippen LogP contribution in [0.1, 0.15) is 22.3 Å². The molecule has 13 aromatic carbocycles. The molecule has 2 heteroatoms. The van der Waals surface area contributed by atoms with Crippen molar-refractivity contribution in [2.24, 2.45) is 0 Å². The van der Waals surface area contributed by atoms with Crippen molar-refractivity contribution < 1.29 is 0 Å². The Labute approximate surface area is 468 Å². The fourth-order valence-corrected chi connectivity index (χ4v) is 12.9. The minimum atomic E-state index is 0.982. The summed E-state index contributed by atoms with van der Waals surface area (Å²) in [4.78, 5) is 5.04.